The molecule has 0 amide bonds. The standard InChI is InChI=1S/C15H23O4P/c1-4-13-7-9-14(10-8-13)11-15(16)12-20(17,18-5-2)19-6-3/h7-10H,4-6,11-12H2,1-3H3. The van der Waals surface area contributed by atoms with Gasteiger partial charge >= 0.3 is 7.60 Å². The Hall–Kier alpha value is -0.960. The highest BCUT2D eigenvalue weighted by molar-refractivity contribution is 7.54. The van der Waals surface area contributed by atoms with E-state index in [4.69, 9.17) is 9.05 Å². The van der Waals surface area contributed by atoms with Crippen LogP contribution in [0, 0.1) is 0 Å². The van der Waals surface area contributed by atoms with E-state index in [2.05, 4.69) is 6.92 Å². The van der Waals surface area contributed by atoms with E-state index in [0.29, 0.717) is 0 Å². The topological polar surface area (TPSA) is 52.6 Å². The second kappa shape index (κ2) is 8.35. The molecule has 0 bridgehead atoms. The molecule has 0 aliphatic carbocycles. The predicted molar refractivity (Wildman–Crippen MR) is 80.3 cm³/mol. The van der Waals surface area contributed by atoms with E-state index in [1.807, 2.05) is 24.3 Å². The average Bonchev–Trinajstić information content (AvgIpc) is 2.39. The molecular formula is C15H23O4P. The Morgan fingerprint density at radius 3 is 1.95 bits per heavy atom. The summed E-state index contributed by atoms with van der Waals surface area (Å²) in [4.78, 5) is 12.0. The minimum Gasteiger partial charge on any atom is -0.309 e. The summed E-state index contributed by atoms with van der Waals surface area (Å²) in [6, 6.07) is 7.88. The first-order valence-corrected chi connectivity index (χ1v) is 8.73. The van der Waals surface area contributed by atoms with E-state index >= 15 is 0 Å². The summed E-state index contributed by atoms with van der Waals surface area (Å²) in [6.07, 6.45) is 1.07. The monoisotopic (exact) mass is 298 g/mol. The molecule has 0 saturated carbocycles. The number of carbonyl (C=O) groups is 1. The molecule has 1 rings (SSSR count). The van der Waals surface area contributed by atoms with Crippen LogP contribution in [0.3, 0.4) is 0 Å². The Morgan fingerprint density at radius 1 is 1.00 bits per heavy atom. The number of rotatable bonds is 9. The third-order valence-corrected chi connectivity index (χ3v) is 4.90. The Balaban J connectivity index is 2.62. The van der Waals surface area contributed by atoms with Crippen molar-refractivity contribution < 1.29 is 18.4 Å². The van der Waals surface area contributed by atoms with E-state index in [0.717, 1.165) is 12.0 Å². The summed E-state index contributed by atoms with van der Waals surface area (Å²) in [6.45, 7) is 6.10. The molecule has 0 fully saturated rings. The SMILES string of the molecule is CCOP(=O)(CC(=O)Cc1ccc(CC)cc1)OCC. The van der Waals surface area contributed by atoms with Gasteiger partial charge in [0.15, 0.2) is 0 Å². The summed E-state index contributed by atoms with van der Waals surface area (Å²) in [5.41, 5.74) is 2.15. The zero-order chi connectivity index (χ0) is 15.0. The smallest absolute Gasteiger partial charge is 0.309 e. The lowest BCUT2D eigenvalue weighted by Crippen LogP contribution is -2.12. The van der Waals surface area contributed by atoms with E-state index in [-0.39, 0.29) is 31.6 Å². The van der Waals surface area contributed by atoms with Gasteiger partial charge in [-0.2, -0.15) is 0 Å². The lowest BCUT2D eigenvalue weighted by Gasteiger charge is -2.16. The van der Waals surface area contributed by atoms with Crippen molar-refractivity contribution in [1.82, 2.24) is 0 Å². The van der Waals surface area contributed by atoms with Crippen LogP contribution in [0.5, 0.6) is 0 Å². The Bertz CT molecular complexity index is 457. The number of hydrogen-bond acceptors (Lipinski definition) is 4. The van der Waals surface area contributed by atoms with E-state index < -0.39 is 7.60 Å². The molecular weight excluding hydrogens is 275 g/mol. The van der Waals surface area contributed by atoms with Gasteiger partial charge in [0, 0.05) is 6.42 Å². The fourth-order valence-electron chi connectivity index (χ4n) is 1.91. The molecule has 0 radical (unpaired) electrons. The van der Waals surface area contributed by atoms with Crippen molar-refractivity contribution >= 4 is 13.4 Å². The Labute approximate surface area is 121 Å². The van der Waals surface area contributed by atoms with Crippen LogP contribution in [0.2, 0.25) is 0 Å². The van der Waals surface area contributed by atoms with Gasteiger partial charge < -0.3 is 9.05 Å². The van der Waals surface area contributed by atoms with Crippen molar-refractivity contribution in [1.29, 1.82) is 0 Å². The quantitative estimate of drug-likeness (QED) is 0.653. The molecule has 20 heavy (non-hydrogen) atoms. The first-order valence-electron chi connectivity index (χ1n) is 7.00. The zero-order valence-electron chi connectivity index (χ0n) is 12.4. The van der Waals surface area contributed by atoms with Crippen molar-refractivity contribution in [3.8, 4) is 0 Å². The largest absolute Gasteiger partial charge is 0.338 e. The zero-order valence-corrected chi connectivity index (χ0v) is 13.3. The van der Waals surface area contributed by atoms with Gasteiger partial charge in [0.25, 0.3) is 0 Å². The van der Waals surface area contributed by atoms with Crippen LogP contribution in [0.1, 0.15) is 31.9 Å². The molecule has 5 heteroatoms. The van der Waals surface area contributed by atoms with E-state index in [1.54, 1.807) is 13.8 Å². The highest BCUT2D eigenvalue weighted by atomic mass is 31.2. The molecule has 0 unspecified atom stereocenters. The molecule has 112 valence electrons. The number of ketones is 1. The van der Waals surface area contributed by atoms with Crippen LogP contribution in [-0.2, 0) is 31.2 Å². The van der Waals surface area contributed by atoms with E-state index in [9.17, 15) is 9.36 Å². The molecule has 4 nitrogen and oxygen atoms in total. The fraction of sp³-hybridized carbons (Fsp3) is 0.533. The maximum Gasteiger partial charge on any atom is 0.338 e. The average molecular weight is 298 g/mol. The molecule has 0 atom stereocenters. The molecule has 1 aromatic carbocycles. The molecule has 0 aliphatic heterocycles. The van der Waals surface area contributed by atoms with Crippen molar-refractivity contribution in [3.63, 3.8) is 0 Å². The van der Waals surface area contributed by atoms with Crippen LogP contribution in [-0.4, -0.2) is 25.2 Å². The van der Waals surface area contributed by atoms with Gasteiger partial charge in [-0.25, -0.2) is 0 Å². The number of carbonyl (C=O) groups excluding carboxylic acids is 1. The molecule has 1 aromatic rings. The lowest BCUT2D eigenvalue weighted by atomic mass is 10.1. The van der Waals surface area contributed by atoms with Crippen molar-refractivity contribution in [2.75, 3.05) is 19.4 Å². The van der Waals surface area contributed by atoms with Crippen LogP contribution >= 0.6 is 7.60 Å². The second-order valence-electron chi connectivity index (χ2n) is 4.49. The molecule has 0 N–H and O–H groups in total. The van der Waals surface area contributed by atoms with Crippen LogP contribution < -0.4 is 0 Å². The summed E-state index contributed by atoms with van der Waals surface area (Å²) in [7, 11) is -3.28. The normalized spacial score (nSPS) is 11.6. The first-order chi connectivity index (χ1) is 9.53. The van der Waals surface area contributed by atoms with Crippen LogP contribution in [0.4, 0.5) is 0 Å². The van der Waals surface area contributed by atoms with Gasteiger partial charge in [-0.15, -0.1) is 0 Å². The van der Waals surface area contributed by atoms with Crippen LogP contribution in [0.15, 0.2) is 24.3 Å². The predicted octanol–water partition coefficient (Wildman–Crippen LogP) is 3.63. The van der Waals surface area contributed by atoms with Gasteiger partial charge in [-0.3, -0.25) is 9.36 Å². The number of hydrogen-bond donors (Lipinski definition) is 0. The van der Waals surface area contributed by atoms with Crippen molar-refractivity contribution in [2.24, 2.45) is 0 Å². The minimum absolute atomic E-state index is 0.125. The lowest BCUT2D eigenvalue weighted by molar-refractivity contribution is -0.116. The highest BCUT2D eigenvalue weighted by Crippen LogP contribution is 2.47. The fourth-order valence-corrected chi connectivity index (χ4v) is 3.50. The summed E-state index contributed by atoms with van der Waals surface area (Å²) >= 11 is 0. The molecule has 0 aliphatic rings. The van der Waals surface area contributed by atoms with Crippen molar-refractivity contribution in [2.45, 2.75) is 33.6 Å². The molecule has 0 heterocycles. The summed E-state index contributed by atoms with van der Waals surface area (Å²) < 4.78 is 22.5. The maximum atomic E-state index is 12.2. The minimum atomic E-state index is -3.28. The number of benzene rings is 1. The number of aryl methyl sites for hydroxylation is 1. The van der Waals surface area contributed by atoms with Crippen molar-refractivity contribution in [3.05, 3.63) is 35.4 Å². The third kappa shape index (κ3) is 5.58. The summed E-state index contributed by atoms with van der Waals surface area (Å²) in [5.74, 6) is -0.125. The van der Waals surface area contributed by atoms with E-state index in [1.165, 1.54) is 5.56 Å². The summed E-state index contributed by atoms with van der Waals surface area (Å²) in [5, 5.41) is 0. The van der Waals surface area contributed by atoms with Crippen LogP contribution in [0.25, 0.3) is 0 Å². The highest BCUT2D eigenvalue weighted by Gasteiger charge is 2.27. The van der Waals surface area contributed by atoms with Gasteiger partial charge in [0.1, 0.15) is 11.9 Å². The second-order valence-corrected chi connectivity index (χ2v) is 6.54. The first kappa shape index (κ1) is 17.1. The Kier molecular flexibility index (Phi) is 7.14. The van der Waals surface area contributed by atoms with Gasteiger partial charge in [-0.05, 0) is 31.4 Å². The molecule has 0 saturated heterocycles. The molecule has 0 aromatic heterocycles. The van der Waals surface area contributed by atoms with Gasteiger partial charge in [-0.1, -0.05) is 31.2 Å². The van der Waals surface area contributed by atoms with Gasteiger partial charge in [0.05, 0.1) is 13.2 Å². The van der Waals surface area contributed by atoms with Gasteiger partial charge in [0.2, 0.25) is 0 Å². The third-order valence-electron chi connectivity index (χ3n) is 2.85. The molecule has 0 spiro atoms. The Morgan fingerprint density at radius 2 is 1.50 bits per heavy atom. The number of Topliss-reactive ketones (excluding diaryl/α,β-unsaturated/α-hetero) is 1. The maximum absolute atomic E-state index is 12.2.